The maximum absolute atomic E-state index is 4.56. The molecule has 0 radical (unpaired) electrons. The summed E-state index contributed by atoms with van der Waals surface area (Å²) in [5, 5.41) is 3.39. The van der Waals surface area contributed by atoms with Crippen molar-refractivity contribution in [1.29, 1.82) is 0 Å². The Morgan fingerprint density at radius 1 is 0.833 bits per heavy atom. The molecule has 1 N–H and O–H groups in total. The number of nitrogens with zero attached hydrogens (tertiary/aromatic N) is 4. The Balaban J connectivity index is 1.59. The van der Waals surface area contributed by atoms with Crippen molar-refractivity contribution >= 4 is 11.4 Å². The van der Waals surface area contributed by atoms with E-state index in [1.54, 1.807) is 12.4 Å². The lowest BCUT2D eigenvalue weighted by atomic mass is 10.2. The van der Waals surface area contributed by atoms with Gasteiger partial charge in [-0.2, -0.15) is 0 Å². The van der Waals surface area contributed by atoms with Crippen LogP contribution in [0.4, 0.5) is 0 Å². The molecule has 0 saturated heterocycles. The maximum Gasteiger partial charge on any atom is 0.0837 e. The molecule has 0 fully saturated rings. The molecular weight excluding hydrogens is 298 g/mol. The highest BCUT2D eigenvalue weighted by molar-refractivity contribution is 5.97. The molecule has 126 valence electrons. The number of hydrogen-bond donors (Lipinski definition) is 1. The molecule has 0 aliphatic carbocycles. The van der Waals surface area contributed by atoms with E-state index in [9.17, 15) is 0 Å². The highest BCUT2D eigenvalue weighted by Crippen LogP contribution is 1.97. The first kappa shape index (κ1) is 17.9. The third-order valence-electron chi connectivity index (χ3n) is 3.57. The lowest BCUT2D eigenvalue weighted by Crippen LogP contribution is -2.20. The van der Waals surface area contributed by atoms with Crippen LogP contribution in [-0.4, -0.2) is 47.6 Å². The zero-order chi connectivity index (χ0) is 17.0. The van der Waals surface area contributed by atoms with Gasteiger partial charge in [-0.25, -0.2) is 0 Å². The van der Waals surface area contributed by atoms with Crippen molar-refractivity contribution in [1.82, 2.24) is 15.3 Å². The minimum atomic E-state index is 0.763. The molecule has 2 aromatic rings. The van der Waals surface area contributed by atoms with Gasteiger partial charge in [0.15, 0.2) is 0 Å². The zero-order valence-corrected chi connectivity index (χ0v) is 14.4. The smallest absolute Gasteiger partial charge is 0.0837 e. The van der Waals surface area contributed by atoms with E-state index in [4.69, 9.17) is 0 Å². The van der Waals surface area contributed by atoms with Crippen LogP contribution in [0.1, 0.15) is 31.7 Å². The second kappa shape index (κ2) is 10.4. The second-order valence-electron chi connectivity index (χ2n) is 5.47. The van der Waals surface area contributed by atoms with Crippen LogP contribution in [0.15, 0.2) is 58.8 Å². The van der Waals surface area contributed by atoms with Crippen LogP contribution in [0.5, 0.6) is 0 Å². The summed E-state index contributed by atoms with van der Waals surface area (Å²) in [6.45, 7) is 7.39. The molecule has 0 aromatic carbocycles. The number of pyridine rings is 2. The van der Waals surface area contributed by atoms with Crippen molar-refractivity contribution in [3.8, 4) is 0 Å². The molecule has 0 spiro atoms. The van der Waals surface area contributed by atoms with E-state index < -0.39 is 0 Å². The molecule has 0 saturated carbocycles. The average Bonchev–Trinajstić information content (AvgIpc) is 2.65. The highest BCUT2D eigenvalue weighted by Gasteiger charge is 1.97. The average molecular weight is 323 g/mol. The van der Waals surface area contributed by atoms with Crippen LogP contribution >= 0.6 is 0 Å². The van der Waals surface area contributed by atoms with Crippen molar-refractivity contribution in [2.75, 3.05) is 26.2 Å². The largest absolute Gasteiger partial charge is 0.315 e. The summed E-state index contributed by atoms with van der Waals surface area (Å²) in [5.74, 6) is 0. The maximum atomic E-state index is 4.56. The Morgan fingerprint density at radius 2 is 1.42 bits per heavy atom. The van der Waals surface area contributed by atoms with Gasteiger partial charge in [-0.15, -0.1) is 0 Å². The van der Waals surface area contributed by atoms with Crippen molar-refractivity contribution in [2.24, 2.45) is 9.98 Å². The second-order valence-corrected chi connectivity index (χ2v) is 5.47. The summed E-state index contributed by atoms with van der Waals surface area (Å²) < 4.78 is 0. The highest BCUT2D eigenvalue weighted by atomic mass is 14.9. The van der Waals surface area contributed by atoms with E-state index in [2.05, 4.69) is 25.3 Å². The molecule has 5 nitrogen and oxygen atoms in total. The molecule has 24 heavy (non-hydrogen) atoms. The monoisotopic (exact) mass is 323 g/mol. The van der Waals surface area contributed by atoms with Gasteiger partial charge >= 0.3 is 0 Å². The Morgan fingerprint density at radius 3 is 1.96 bits per heavy atom. The van der Waals surface area contributed by atoms with Crippen molar-refractivity contribution in [3.63, 3.8) is 0 Å². The van der Waals surface area contributed by atoms with Gasteiger partial charge in [-0.3, -0.25) is 20.0 Å². The third-order valence-corrected chi connectivity index (χ3v) is 3.57. The fourth-order valence-corrected chi connectivity index (χ4v) is 2.19. The number of hydrogen-bond acceptors (Lipinski definition) is 5. The number of nitrogens with one attached hydrogen (secondary N) is 1. The summed E-state index contributed by atoms with van der Waals surface area (Å²) in [7, 11) is 0. The first-order chi connectivity index (χ1) is 11.8. The number of rotatable bonds is 9. The van der Waals surface area contributed by atoms with Gasteiger partial charge in [-0.1, -0.05) is 12.1 Å². The summed E-state index contributed by atoms with van der Waals surface area (Å²) >= 11 is 0. The SMILES string of the molecule is CC(=NCCCNCCN=C(C)c1ccccn1)c1ccccn1. The van der Waals surface area contributed by atoms with Crippen molar-refractivity contribution in [2.45, 2.75) is 20.3 Å². The van der Waals surface area contributed by atoms with E-state index in [0.29, 0.717) is 0 Å². The Hall–Kier alpha value is -2.40. The molecule has 2 rings (SSSR count). The molecular formula is C19H25N5. The van der Waals surface area contributed by atoms with Crippen LogP contribution < -0.4 is 5.32 Å². The van der Waals surface area contributed by atoms with E-state index >= 15 is 0 Å². The van der Waals surface area contributed by atoms with Gasteiger partial charge < -0.3 is 5.32 Å². The number of aromatic nitrogens is 2. The van der Waals surface area contributed by atoms with Crippen LogP contribution in [0.25, 0.3) is 0 Å². The fourth-order valence-electron chi connectivity index (χ4n) is 2.19. The zero-order valence-electron chi connectivity index (χ0n) is 14.4. The summed E-state index contributed by atoms with van der Waals surface area (Å²) in [6.07, 6.45) is 4.59. The molecule has 0 atom stereocenters. The van der Waals surface area contributed by atoms with Crippen molar-refractivity contribution in [3.05, 3.63) is 60.2 Å². The summed E-state index contributed by atoms with van der Waals surface area (Å²) in [4.78, 5) is 17.7. The van der Waals surface area contributed by atoms with Crippen LogP contribution in [0.2, 0.25) is 0 Å². The van der Waals surface area contributed by atoms with Gasteiger partial charge in [0.05, 0.1) is 29.4 Å². The lowest BCUT2D eigenvalue weighted by molar-refractivity contribution is 0.660. The van der Waals surface area contributed by atoms with Gasteiger partial charge in [0.25, 0.3) is 0 Å². The van der Waals surface area contributed by atoms with Gasteiger partial charge in [0.1, 0.15) is 0 Å². The minimum Gasteiger partial charge on any atom is -0.315 e. The van der Waals surface area contributed by atoms with Gasteiger partial charge in [0, 0.05) is 25.5 Å². The quantitative estimate of drug-likeness (QED) is 0.570. The Labute approximate surface area is 144 Å². The van der Waals surface area contributed by atoms with Crippen molar-refractivity contribution < 1.29 is 0 Å². The van der Waals surface area contributed by atoms with E-state index in [1.807, 2.05) is 50.2 Å². The first-order valence-electron chi connectivity index (χ1n) is 8.33. The molecule has 0 amide bonds. The molecule has 2 heterocycles. The van der Waals surface area contributed by atoms with E-state index in [1.165, 1.54) is 0 Å². The lowest BCUT2D eigenvalue weighted by Gasteiger charge is -2.03. The third kappa shape index (κ3) is 6.38. The summed E-state index contributed by atoms with van der Waals surface area (Å²) in [5.41, 5.74) is 3.86. The Kier molecular flexibility index (Phi) is 7.77. The molecule has 5 heteroatoms. The Bertz CT molecular complexity index is 590. The predicted molar refractivity (Wildman–Crippen MR) is 100 cm³/mol. The van der Waals surface area contributed by atoms with Crippen LogP contribution in [0, 0.1) is 0 Å². The van der Waals surface area contributed by atoms with E-state index in [0.717, 1.165) is 55.4 Å². The fraction of sp³-hybridized carbons (Fsp3) is 0.368. The molecule has 0 unspecified atom stereocenters. The molecule has 0 aliphatic heterocycles. The molecule has 2 aromatic heterocycles. The molecule has 0 aliphatic rings. The van der Waals surface area contributed by atoms with Gasteiger partial charge in [0.2, 0.25) is 0 Å². The minimum absolute atomic E-state index is 0.763. The molecule has 0 bridgehead atoms. The first-order valence-corrected chi connectivity index (χ1v) is 8.33. The van der Waals surface area contributed by atoms with E-state index in [-0.39, 0.29) is 0 Å². The van der Waals surface area contributed by atoms with Crippen LogP contribution in [-0.2, 0) is 0 Å². The van der Waals surface area contributed by atoms with Gasteiger partial charge in [-0.05, 0) is 51.1 Å². The predicted octanol–water partition coefficient (Wildman–Crippen LogP) is 2.77. The normalized spacial score (nSPS) is 12.4. The summed E-state index contributed by atoms with van der Waals surface area (Å²) in [6, 6.07) is 11.8. The van der Waals surface area contributed by atoms with Crippen LogP contribution in [0.3, 0.4) is 0 Å². The number of aliphatic imine (C=N–C) groups is 2. The standard InChI is InChI=1S/C19H25N5/c1-16(18-8-3-5-11-23-18)21-13-7-10-20-14-15-22-17(2)19-9-4-6-12-24-19/h3-6,8-9,11-12,20H,7,10,13-15H2,1-2H3. The topological polar surface area (TPSA) is 62.5 Å².